The first-order valence-corrected chi connectivity index (χ1v) is 8.78. The third-order valence-electron chi connectivity index (χ3n) is 4.89. The van der Waals surface area contributed by atoms with Crippen molar-refractivity contribution in [3.05, 3.63) is 83.7 Å². The molecule has 1 aromatic heterocycles. The summed E-state index contributed by atoms with van der Waals surface area (Å²) in [5, 5.41) is 7.32. The van der Waals surface area contributed by atoms with Gasteiger partial charge in [-0.15, -0.1) is 0 Å². The van der Waals surface area contributed by atoms with E-state index in [1.807, 2.05) is 73.8 Å². The molecule has 1 atom stereocenters. The Morgan fingerprint density at radius 3 is 2.41 bits per heavy atom. The average Bonchev–Trinajstić information content (AvgIpc) is 3.22. The minimum atomic E-state index is -1.06. The molecule has 2 heterocycles. The Kier molecular flexibility index (Phi) is 4.03. The zero-order valence-electron chi connectivity index (χ0n) is 15.2. The number of aryl methyl sites for hydroxylation is 1. The number of carbonyl (C=O) groups is 2. The second kappa shape index (κ2) is 6.39. The van der Waals surface area contributed by atoms with Gasteiger partial charge in [-0.25, -0.2) is 9.48 Å². The summed E-state index contributed by atoms with van der Waals surface area (Å²) < 4.78 is 1.73. The summed E-state index contributed by atoms with van der Waals surface area (Å²) >= 11 is 0. The van der Waals surface area contributed by atoms with E-state index in [4.69, 9.17) is 0 Å². The summed E-state index contributed by atoms with van der Waals surface area (Å²) in [4.78, 5) is 26.7. The fourth-order valence-corrected chi connectivity index (χ4v) is 3.26. The van der Waals surface area contributed by atoms with Gasteiger partial charge in [-0.05, 0) is 37.6 Å². The molecule has 3 amide bonds. The molecule has 136 valence electrons. The van der Waals surface area contributed by atoms with E-state index in [-0.39, 0.29) is 12.5 Å². The highest BCUT2D eigenvalue weighted by Crippen LogP contribution is 2.29. The fourth-order valence-electron chi connectivity index (χ4n) is 3.26. The molecule has 0 radical (unpaired) electrons. The molecule has 0 aliphatic carbocycles. The maximum absolute atomic E-state index is 13.0. The van der Waals surface area contributed by atoms with Crippen molar-refractivity contribution in [2.75, 3.05) is 0 Å². The highest BCUT2D eigenvalue weighted by molar-refractivity contribution is 6.07. The number of imide groups is 1. The van der Waals surface area contributed by atoms with Crippen LogP contribution in [0.1, 0.15) is 23.7 Å². The van der Waals surface area contributed by atoms with E-state index in [1.54, 1.807) is 11.6 Å². The molecule has 2 aromatic carbocycles. The van der Waals surface area contributed by atoms with Gasteiger partial charge in [0.05, 0.1) is 17.9 Å². The van der Waals surface area contributed by atoms with Crippen molar-refractivity contribution in [3.8, 4) is 5.69 Å². The van der Waals surface area contributed by atoms with Gasteiger partial charge in [0.15, 0.2) is 0 Å². The van der Waals surface area contributed by atoms with Crippen LogP contribution in [0.5, 0.6) is 0 Å². The molecule has 0 saturated carbocycles. The molecule has 4 rings (SSSR count). The first-order valence-electron chi connectivity index (χ1n) is 8.78. The zero-order chi connectivity index (χ0) is 19.0. The standard InChI is InChI=1S/C21H20N4O2/c1-15-8-10-16(11-9-15)21(2)19(26)24(20(27)22-21)14-17-12-13-25(23-17)18-6-4-3-5-7-18/h3-13H,14H2,1-2H3,(H,22,27). The molecule has 1 unspecified atom stereocenters. The maximum atomic E-state index is 13.0. The highest BCUT2D eigenvalue weighted by atomic mass is 16.2. The number of para-hydroxylation sites is 1. The van der Waals surface area contributed by atoms with Gasteiger partial charge in [0, 0.05) is 6.20 Å². The van der Waals surface area contributed by atoms with Crippen LogP contribution in [-0.4, -0.2) is 26.6 Å². The Labute approximate surface area is 157 Å². The number of benzene rings is 2. The lowest BCUT2D eigenvalue weighted by molar-refractivity contribution is -0.131. The molecule has 27 heavy (non-hydrogen) atoms. The van der Waals surface area contributed by atoms with E-state index < -0.39 is 11.6 Å². The monoisotopic (exact) mass is 360 g/mol. The van der Waals surface area contributed by atoms with Gasteiger partial charge in [0.25, 0.3) is 5.91 Å². The molecule has 1 saturated heterocycles. The predicted octanol–water partition coefficient (Wildman–Crippen LogP) is 3.15. The summed E-state index contributed by atoms with van der Waals surface area (Å²) in [5.41, 5.74) is 2.37. The molecule has 6 nitrogen and oxygen atoms in total. The molecule has 0 bridgehead atoms. The van der Waals surface area contributed by atoms with E-state index in [1.165, 1.54) is 4.90 Å². The SMILES string of the molecule is Cc1ccc(C2(C)NC(=O)N(Cc3ccn(-c4ccccc4)n3)C2=O)cc1. The van der Waals surface area contributed by atoms with E-state index in [9.17, 15) is 9.59 Å². The molecule has 3 aromatic rings. The molecule has 1 aliphatic rings. The van der Waals surface area contributed by atoms with E-state index in [2.05, 4.69) is 10.4 Å². The van der Waals surface area contributed by atoms with Crippen LogP contribution in [0.3, 0.4) is 0 Å². The van der Waals surface area contributed by atoms with Crippen molar-refractivity contribution >= 4 is 11.9 Å². The number of hydrogen-bond donors (Lipinski definition) is 1. The number of nitrogens with zero attached hydrogens (tertiary/aromatic N) is 3. The second-order valence-corrected chi connectivity index (χ2v) is 6.90. The summed E-state index contributed by atoms with van der Waals surface area (Å²) in [6.45, 7) is 3.85. The van der Waals surface area contributed by atoms with Crippen LogP contribution in [0, 0.1) is 6.92 Å². The Morgan fingerprint density at radius 1 is 1.00 bits per heavy atom. The largest absolute Gasteiger partial charge is 0.325 e. The lowest BCUT2D eigenvalue weighted by atomic mass is 9.91. The number of hydrogen-bond acceptors (Lipinski definition) is 3. The van der Waals surface area contributed by atoms with E-state index in [0.29, 0.717) is 5.69 Å². The van der Waals surface area contributed by atoms with Crippen LogP contribution < -0.4 is 5.32 Å². The minimum absolute atomic E-state index is 0.131. The highest BCUT2D eigenvalue weighted by Gasteiger charge is 2.49. The van der Waals surface area contributed by atoms with Crippen LogP contribution in [0.25, 0.3) is 5.69 Å². The number of nitrogens with one attached hydrogen (secondary N) is 1. The summed E-state index contributed by atoms with van der Waals surface area (Å²) in [5.74, 6) is -0.273. The number of rotatable bonds is 4. The second-order valence-electron chi connectivity index (χ2n) is 6.90. The van der Waals surface area contributed by atoms with Gasteiger partial charge in [-0.1, -0.05) is 48.0 Å². The lowest BCUT2D eigenvalue weighted by Gasteiger charge is -2.22. The summed E-state index contributed by atoms with van der Waals surface area (Å²) in [6, 6.07) is 18.7. The normalized spacial score (nSPS) is 19.4. The third kappa shape index (κ3) is 2.99. The molecular formula is C21H20N4O2. The smallest absolute Gasteiger partial charge is 0.319 e. The van der Waals surface area contributed by atoms with Crippen molar-refractivity contribution in [2.24, 2.45) is 0 Å². The van der Waals surface area contributed by atoms with Crippen molar-refractivity contribution < 1.29 is 9.59 Å². The molecule has 0 spiro atoms. The topological polar surface area (TPSA) is 67.2 Å². The van der Waals surface area contributed by atoms with Crippen LogP contribution in [-0.2, 0) is 16.9 Å². The molecule has 1 fully saturated rings. The van der Waals surface area contributed by atoms with Crippen molar-refractivity contribution in [1.82, 2.24) is 20.0 Å². The Balaban J connectivity index is 1.56. The Hall–Kier alpha value is -3.41. The average molecular weight is 360 g/mol. The molecule has 1 aliphatic heterocycles. The first-order chi connectivity index (χ1) is 13.0. The van der Waals surface area contributed by atoms with Gasteiger partial charge >= 0.3 is 6.03 Å². The van der Waals surface area contributed by atoms with Crippen LogP contribution in [0.2, 0.25) is 0 Å². The fraction of sp³-hybridized carbons (Fsp3) is 0.190. The van der Waals surface area contributed by atoms with Crippen LogP contribution in [0.4, 0.5) is 4.79 Å². The van der Waals surface area contributed by atoms with Gasteiger partial charge in [0.1, 0.15) is 5.54 Å². The van der Waals surface area contributed by atoms with Crippen molar-refractivity contribution in [2.45, 2.75) is 25.9 Å². The molecule has 6 heteroatoms. The number of aromatic nitrogens is 2. The quantitative estimate of drug-likeness (QED) is 0.727. The van der Waals surface area contributed by atoms with Gasteiger partial charge in [0.2, 0.25) is 0 Å². The minimum Gasteiger partial charge on any atom is -0.319 e. The predicted molar refractivity (Wildman–Crippen MR) is 101 cm³/mol. The number of urea groups is 1. The lowest BCUT2D eigenvalue weighted by Crippen LogP contribution is -2.40. The summed E-state index contributed by atoms with van der Waals surface area (Å²) in [7, 11) is 0. The van der Waals surface area contributed by atoms with Gasteiger partial charge in [-0.2, -0.15) is 5.10 Å². The van der Waals surface area contributed by atoms with E-state index >= 15 is 0 Å². The molecular weight excluding hydrogens is 340 g/mol. The first kappa shape index (κ1) is 17.0. The zero-order valence-corrected chi connectivity index (χ0v) is 15.2. The van der Waals surface area contributed by atoms with Crippen molar-refractivity contribution in [1.29, 1.82) is 0 Å². The third-order valence-corrected chi connectivity index (χ3v) is 4.89. The van der Waals surface area contributed by atoms with Crippen LogP contribution >= 0.6 is 0 Å². The Bertz CT molecular complexity index is 995. The van der Waals surface area contributed by atoms with E-state index in [0.717, 1.165) is 16.8 Å². The number of amides is 3. The van der Waals surface area contributed by atoms with Crippen molar-refractivity contribution in [3.63, 3.8) is 0 Å². The summed E-state index contributed by atoms with van der Waals surface area (Å²) in [6.07, 6.45) is 1.82. The molecule has 1 N–H and O–H groups in total. The maximum Gasteiger partial charge on any atom is 0.325 e. The van der Waals surface area contributed by atoms with Gasteiger partial charge in [-0.3, -0.25) is 9.69 Å². The van der Waals surface area contributed by atoms with Crippen LogP contribution in [0.15, 0.2) is 66.9 Å². The Morgan fingerprint density at radius 2 is 1.70 bits per heavy atom. The number of carbonyl (C=O) groups excluding carboxylic acids is 2. The van der Waals surface area contributed by atoms with Gasteiger partial charge < -0.3 is 5.32 Å².